The molecule has 1 atom stereocenters. The van der Waals surface area contributed by atoms with Crippen LogP contribution >= 0.6 is 11.6 Å². The molecular formula is C11H14BClNO. The van der Waals surface area contributed by atoms with Crippen molar-refractivity contribution in [2.75, 3.05) is 0 Å². The van der Waals surface area contributed by atoms with Crippen LogP contribution in [0.25, 0.3) is 0 Å². The predicted molar refractivity (Wildman–Crippen MR) is 63.3 cm³/mol. The Bertz CT molecular complexity index is 354. The molecule has 15 heavy (non-hydrogen) atoms. The highest BCUT2D eigenvalue weighted by molar-refractivity contribution is 6.74. The van der Waals surface area contributed by atoms with E-state index in [1.807, 2.05) is 12.1 Å². The van der Waals surface area contributed by atoms with Gasteiger partial charge in [-0.3, -0.25) is 0 Å². The summed E-state index contributed by atoms with van der Waals surface area (Å²) < 4.78 is 0. The van der Waals surface area contributed by atoms with Gasteiger partial charge in [0.15, 0.2) is 0 Å². The van der Waals surface area contributed by atoms with Crippen molar-refractivity contribution in [1.82, 2.24) is 4.98 Å². The fourth-order valence-corrected chi connectivity index (χ4v) is 1.73. The number of carbonyl (C=O) groups is 1. The number of pyridine rings is 1. The molecule has 1 aromatic heterocycles. The van der Waals surface area contributed by atoms with Gasteiger partial charge < -0.3 is 4.79 Å². The van der Waals surface area contributed by atoms with Crippen LogP contribution < -0.4 is 0 Å². The highest BCUT2D eigenvalue weighted by Crippen LogP contribution is 2.24. The first-order chi connectivity index (χ1) is 7.00. The van der Waals surface area contributed by atoms with Crippen LogP contribution in [0, 0.1) is 5.92 Å². The lowest BCUT2D eigenvalue weighted by Gasteiger charge is -2.19. The molecule has 0 saturated heterocycles. The molecule has 0 fully saturated rings. The lowest BCUT2D eigenvalue weighted by Crippen LogP contribution is -2.20. The van der Waals surface area contributed by atoms with Crippen LogP contribution in [-0.2, 0) is 4.79 Å². The summed E-state index contributed by atoms with van der Waals surface area (Å²) in [6.07, 6.45) is 1.67. The van der Waals surface area contributed by atoms with Crippen molar-refractivity contribution in [3.8, 4) is 0 Å². The summed E-state index contributed by atoms with van der Waals surface area (Å²) in [4.78, 5) is 15.0. The summed E-state index contributed by atoms with van der Waals surface area (Å²) in [5.74, 6) is 0.482. The summed E-state index contributed by atoms with van der Waals surface area (Å²) in [5.41, 5.74) is 1.13. The fraction of sp³-hybridized carbons (Fsp3) is 0.455. The van der Waals surface area contributed by atoms with Crippen LogP contribution in [0.1, 0.15) is 32.2 Å². The molecule has 0 bridgehead atoms. The third-order valence-corrected chi connectivity index (χ3v) is 2.47. The maximum Gasteiger partial charge on any atom is 0.210 e. The number of carbonyl (C=O) groups excluding carboxylic acids is 1. The van der Waals surface area contributed by atoms with Crippen molar-refractivity contribution >= 4 is 24.6 Å². The summed E-state index contributed by atoms with van der Waals surface area (Å²) in [7, 11) is 1.73. The van der Waals surface area contributed by atoms with E-state index in [-0.39, 0.29) is 11.5 Å². The molecular weight excluding hydrogens is 208 g/mol. The standard InChI is InChI=1S/C11H14BClNO/c1-7(2)11(12-8(3)15)9-4-5-14-10(13)6-9/h4-7,11H,1-3H3. The average Bonchev–Trinajstić information content (AvgIpc) is 2.13. The topological polar surface area (TPSA) is 30.0 Å². The van der Waals surface area contributed by atoms with E-state index in [0.29, 0.717) is 11.1 Å². The molecule has 0 spiro atoms. The van der Waals surface area contributed by atoms with E-state index in [2.05, 4.69) is 18.8 Å². The van der Waals surface area contributed by atoms with Gasteiger partial charge >= 0.3 is 0 Å². The summed E-state index contributed by atoms with van der Waals surface area (Å²) >= 11 is 5.82. The van der Waals surface area contributed by atoms with Crippen molar-refractivity contribution in [3.63, 3.8) is 0 Å². The fourth-order valence-electron chi connectivity index (χ4n) is 1.55. The lowest BCUT2D eigenvalue weighted by atomic mass is 9.55. The van der Waals surface area contributed by atoms with Gasteiger partial charge in [0.2, 0.25) is 7.28 Å². The van der Waals surface area contributed by atoms with E-state index in [9.17, 15) is 4.79 Å². The van der Waals surface area contributed by atoms with E-state index in [1.165, 1.54) is 0 Å². The third kappa shape index (κ3) is 3.67. The smallest absolute Gasteiger partial charge is 0.210 e. The van der Waals surface area contributed by atoms with E-state index in [4.69, 9.17) is 11.6 Å². The summed E-state index contributed by atoms with van der Waals surface area (Å²) in [6, 6.07) is 3.71. The molecule has 0 aromatic carbocycles. The number of nitrogens with zero attached hydrogens (tertiary/aromatic N) is 1. The van der Waals surface area contributed by atoms with Crippen LogP contribution in [0.2, 0.25) is 5.15 Å². The van der Waals surface area contributed by atoms with Crippen LogP contribution in [0.15, 0.2) is 18.3 Å². The number of hydrogen-bond acceptors (Lipinski definition) is 2. The lowest BCUT2D eigenvalue weighted by molar-refractivity contribution is -0.110. The zero-order valence-corrected chi connectivity index (χ0v) is 9.95. The summed E-state index contributed by atoms with van der Waals surface area (Å²) in [6.45, 7) is 5.73. The van der Waals surface area contributed by atoms with Gasteiger partial charge in [0.05, 0.1) is 5.68 Å². The number of aromatic nitrogens is 1. The Hall–Kier alpha value is -0.825. The van der Waals surface area contributed by atoms with Gasteiger partial charge in [0, 0.05) is 6.20 Å². The first-order valence-corrected chi connectivity index (χ1v) is 5.35. The maximum atomic E-state index is 11.1. The molecule has 0 aliphatic carbocycles. The van der Waals surface area contributed by atoms with Crippen LogP contribution in [0.3, 0.4) is 0 Å². The van der Waals surface area contributed by atoms with Gasteiger partial charge in [0.1, 0.15) is 5.15 Å². The van der Waals surface area contributed by atoms with Gasteiger partial charge in [-0.2, -0.15) is 0 Å². The second-order valence-corrected chi connectivity index (χ2v) is 4.35. The SMILES string of the molecule is CC(=O)[B]C(c1ccnc(Cl)c1)C(C)C. The van der Waals surface area contributed by atoms with Gasteiger partial charge in [-0.15, -0.1) is 0 Å². The predicted octanol–water partition coefficient (Wildman–Crippen LogP) is 2.68. The highest BCUT2D eigenvalue weighted by atomic mass is 35.5. The molecule has 79 valence electrons. The van der Waals surface area contributed by atoms with Gasteiger partial charge in [-0.25, -0.2) is 4.98 Å². The quantitative estimate of drug-likeness (QED) is 0.579. The van der Waals surface area contributed by atoms with Crippen molar-refractivity contribution in [3.05, 3.63) is 29.0 Å². The molecule has 1 unspecified atom stereocenters. The monoisotopic (exact) mass is 222 g/mol. The van der Waals surface area contributed by atoms with Crippen molar-refractivity contribution in [2.45, 2.75) is 26.6 Å². The normalized spacial score (nSPS) is 12.6. The molecule has 0 aliphatic heterocycles. The van der Waals surface area contributed by atoms with E-state index >= 15 is 0 Å². The largest absolute Gasteiger partial charge is 0.312 e. The zero-order chi connectivity index (χ0) is 11.4. The first kappa shape index (κ1) is 12.2. The average molecular weight is 223 g/mol. The summed E-state index contributed by atoms with van der Waals surface area (Å²) in [5, 5.41) is 0.468. The minimum Gasteiger partial charge on any atom is -0.312 e. The van der Waals surface area contributed by atoms with Crippen LogP contribution in [-0.4, -0.2) is 17.9 Å². The maximum absolute atomic E-state index is 11.1. The van der Waals surface area contributed by atoms with Crippen molar-refractivity contribution in [1.29, 1.82) is 0 Å². The first-order valence-electron chi connectivity index (χ1n) is 4.97. The van der Waals surface area contributed by atoms with E-state index in [0.717, 1.165) is 5.56 Å². The molecule has 1 radical (unpaired) electrons. The Morgan fingerprint density at radius 3 is 2.67 bits per heavy atom. The van der Waals surface area contributed by atoms with E-state index in [1.54, 1.807) is 20.4 Å². The molecule has 1 aromatic rings. The van der Waals surface area contributed by atoms with Crippen LogP contribution in [0.4, 0.5) is 0 Å². The number of halogens is 1. The Morgan fingerprint density at radius 2 is 2.20 bits per heavy atom. The van der Waals surface area contributed by atoms with Crippen LogP contribution in [0.5, 0.6) is 0 Å². The minimum atomic E-state index is 0.0848. The second kappa shape index (κ2) is 5.31. The third-order valence-electron chi connectivity index (χ3n) is 2.27. The van der Waals surface area contributed by atoms with Crippen molar-refractivity contribution < 1.29 is 4.79 Å². The van der Waals surface area contributed by atoms with Crippen molar-refractivity contribution in [2.24, 2.45) is 5.92 Å². The van der Waals surface area contributed by atoms with E-state index < -0.39 is 0 Å². The highest BCUT2D eigenvalue weighted by Gasteiger charge is 2.19. The number of hydrogen-bond donors (Lipinski definition) is 0. The molecule has 0 aliphatic rings. The minimum absolute atomic E-state index is 0.0848. The molecule has 1 rings (SSSR count). The Labute approximate surface area is 96.3 Å². The molecule has 1 heterocycles. The molecule has 2 nitrogen and oxygen atoms in total. The molecule has 0 saturated carbocycles. The molecule has 0 N–H and O–H groups in total. The van der Waals surface area contributed by atoms with Gasteiger partial charge in [0.25, 0.3) is 0 Å². The molecule has 4 heteroatoms. The Morgan fingerprint density at radius 1 is 1.53 bits per heavy atom. The number of rotatable bonds is 4. The second-order valence-electron chi connectivity index (χ2n) is 3.96. The molecule has 0 amide bonds. The Balaban J connectivity index is 2.93. The van der Waals surface area contributed by atoms with Gasteiger partial charge in [-0.05, 0) is 36.4 Å². The Kier molecular flexibility index (Phi) is 4.34. The zero-order valence-electron chi connectivity index (χ0n) is 9.20. The van der Waals surface area contributed by atoms with Gasteiger partial charge in [-0.1, -0.05) is 25.4 Å².